The summed E-state index contributed by atoms with van der Waals surface area (Å²) in [5, 5.41) is 0.553. The molecule has 0 atom stereocenters. The number of benzene rings is 1. The lowest BCUT2D eigenvalue weighted by atomic mass is 10.1. The maximum absolute atomic E-state index is 12.1. The van der Waals surface area contributed by atoms with Crippen molar-refractivity contribution in [2.24, 2.45) is 0 Å². The monoisotopic (exact) mass is 284 g/mol. The van der Waals surface area contributed by atoms with Crippen molar-refractivity contribution >= 4 is 22.7 Å². The largest absolute Gasteiger partial charge is 0.338 e. The molecule has 0 spiro atoms. The van der Waals surface area contributed by atoms with Crippen molar-refractivity contribution < 1.29 is 0 Å². The van der Waals surface area contributed by atoms with Crippen molar-refractivity contribution in [2.45, 2.75) is 16.7 Å². The molecule has 3 rings (SSSR count). The Morgan fingerprint density at radius 2 is 1.95 bits per heavy atom. The van der Waals surface area contributed by atoms with Gasteiger partial charge in [0.2, 0.25) is 0 Å². The number of nitrogens with two attached hydrogens (primary N) is 1. The van der Waals surface area contributed by atoms with Crippen LogP contribution in [0.2, 0.25) is 0 Å². The summed E-state index contributed by atoms with van der Waals surface area (Å²) in [5.74, 6) is 5.83. The standard InChI is InChI=1S/C14H12N4OS/c1-9-2-3-11-12(14(19)17-8-18(11)15)13(9)20-10-4-6-16-7-5-10/h2-8H,15H2,1H3. The molecule has 1 aromatic carbocycles. The minimum absolute atomic E-state index is 0.262. The van der Waals surface area contributed by atoms with Crippen molar-refractivity contribution in [1.82, 2.24) is 14.6 Å². The second-order valence-electron chi connectivity index (χ2n) is 4.35. The highest BCUT2D eigenvalue weighted by molar-refractivity contribution is 7.99. The minimum Gasteiger partial charge on any atom is -0.338 e. The van der Waals surface area contributed by atoms with E-state index in [4.69, 9.17) is 5.84 Å². The quantitative estimate of drug-likeness (QED) is 0.728. The van der Waals surface area contributed by atoms with Gasteiger partial charge in [-0.3, -0.25) is 14.5 Å². The Kier molecular flexibility index (Phi) is 3.15. The second kappa shape index (κ2) is 4.97. The summed E-state index contributed by atoms with van der Waals surface area (Å²) in [4.78, 5) is 21.8. The summed E-state index contributed by atoms with van der Waals surface area (Å²) < 4.78 is 1.37. The molecule has 0 aliphatic rings. The van der Waals surface area contributed by atoms with Crippen LogP contribution < -0.4 is 11.4 Å². The van der Waals surface area contributed by atoms with E-state index >= 15 is 0 Å². The number of fused-ring (bicyclic) bond motifs is 1. The Morgan fingerprint density at radius 3 is 2.70 bits per heavy atom. The molecule has 2 N–H and O–H groups in total. The van der Waals surface area contributed by atoms with Crippen LogP contribution in [0.1, 0.15) is 5.56 Å². The SMILES string of the molecule is Cc1ccc2c(c1Sc1ccncc1)c(=O)ncn2N. The Labute approximate surface area is 119 Å². The lowest BCUT2D eigenvalue weighted by Crippen LogP contribution is -2.18. The first-order valence-electron chi connectivity index (χ1n) is 6.01. The molecular weight excluding hydrogens is 272 g/mol. The van der Waals surface area contributed by atoms with Gasteiger partial charge in [-0.25, -0.2) is 0 Å². The van der Waals surface area contributed by atoms with Gasteiger partial charge in [-0.2, -0.15) is 4.98 Å². The van der Waals surface area contributed by atoms with E-state index in [1.807, 2.05) is 31.2 Å². The van der Waals surface area contributed by atoms with Gasteiger partial charge in [0.25, 0.3) is 5.56 Å². The van der Waals surface area contributed by atoms with E-state index < -0.39 is 0 Å². The summed E-state index contributed by atoms with van der Waals surface area (Å²) in [5.41, 5.74) is 1.43. The van der Waals surface area contributed by atoms with Crippen LogP contribution in [0.25, 0.3) is 10.9 Å². The van der Waals surface area contributed by atoms with E-state index in [-0.39, 0.29) is 5.56 Å². The Hall–Kier alpha value is -2.34. The predicted octanol–water partition coefficient (Wildman–Crippen LogP) is 1.96. The Balaban J connectivity index is 2.27. The fourth-order valence-electron chi connectivity index (χ4n) is 2.00. The first kappa shape index (κ1) is 12.7. The van der Waals surface area contributed by atoms with Gasteiger partial charge in [0.05, 0.1) is 10.9 Å². The van der Waals surface area contributed by atoms with Crippen LogP contribution in [-0.2, 0) is 0 Å². The molecule has 0 aliphatic heterocycles. The molecule has 0 fully saturated rings. The van der Waals surface area contributed by atoms with Gasteiger partial charge in [0, 0.05) is 22.2 Å². The van der Waals surface area contributed by atoms with Gasteiger partial charge < -0.3 is 5.84 Å². The summed E-state index contributed by atoms with van der Waals surface area (Å²) in [6.45, 7) is 1.97. The van der Waals surface area contributed by atoms with Gasteiger partial charge in [0.15, 0.2) is 0 Å². The lowest BCUT2D eigenvalue weighted by molar-refractivity contribution is 0.966. The van der Waals surface area contributed by atoms with Crippen LogP contribution in [-0.4, -0.2) is 14.6 Å². The topological polar surface area (TPSA) is 73.8 Å². The van der Waals surface area contributed by atoms with Crippen LogP contribution in [0, 0.1) is 6.92 Å². The van der Waals surface area contributed by atoms with Crippen molar-refractivity contribution in [3.63, 3.8) is 0 Å². The number of hydrogen-bond acceptors (Lipinski definition) is 5. The van der Waals surface area contributed by atoms with Crippen molar-refractivity contribution in [1.29, 1.82) is 0 Å². The molecule has 0 bridgehead atoms. The molecule has 3 aromatic rings. The molecule has 5 nitrogen and oxygen atoms in total. The van der Waals surface area contributed by atoms with E-state index in [0.717, 1.165) is 15.4 Å². The zero-order chi connectivity index (χ0) is 14.1. The van der Waals surface area contributed by atoms with Crippen LogP contribution in [0.3, 0.4) is 0 Å². The second-order valence-corrected chi connectivity index (χ2v) is 5.43. The van der Waals surface area contributed by atoms with Crippen molar-refractivity contribution in [3.8, 4) is 0 Å². The summed E-state index contributed by atoms with van der Waals surface area (Å²) >= 11 is 1.52. The van der Waals surface area contributed by atoms with Crippen molar-refractivity contribution in [2.75, 3.05) is 5.84 Å². The minimum atomic E-state index is -0.262. The third kappa shape index (κ3) is 2.14. The highest BCUT2D eigenvalue weighted by Gasteiger charge is 2.12. The molecule has 100 valence electrons. The molecule has 6 heteroatoms. The molecule has 0 saturated heterocycles. The summed E-state index contributed by atoms with van der Waals surface area (Å²) in [7, 11) is 0. The number of pyridine rings is 1. The number of rotatable bonds is 2. The van der Waals surface area contributed by atoms with Gasteiger partial charge >= 0.3 is 0 Å². The van der Waals surface area contributed by atoms with Gasteiger partial charge in [-0.15, -0.1) is 0 Å². The zero-order valence-corrected chi connectivity index (χ0v) is 11.6. The van der Waals surface area contributed by atoms with E-state index in [2.05, 4.69) is 9.97 Å². The first-order valence-corrected chi connectivity index (χ1v) is 6.82. The zero-order valence-electron chi connectivity index (χ0n) is 10.8. The van der Waals surface area contributed by atoms with E-state index in [1.165, 1.54) is 22.8 Å². The summed E-state index contributed by atoms with van der Waals surface area (Å²) in [6, 6.07) is 7.60. The van der Waals surface area contributed by atoms with Gasteiger partial charge in [-0.05, 0) is 30.7 Å². The fraction of sp³-hybridized carbons (Fsp3) is 0.0714. The highest BCUT2D eigenvalue weighted by atomic mass is 32.2. The molecule has 0 unspecified atom stereocenters. The third-order valence-electron chi connectivity index (χ3n) is 2.99. The molecule has 2 heterocycles. The number of nitrogens with zero attached hydrogens (tertiary/aromatic N) is 3. The third-order valence-corrected chi connectivity index (χ3v) is 4.23. The molecule has 20 heavy (non-hydrogen) atoms. The maximum atomic E-state index is 12.1. The average Bonchev–Trinajstić information content (AvgIpc) is 2.46. The van der Waals surface area contributed by atoms with Crippen LogP contribution in [0.15, 0.2) is 57.6 Å². The number of nitrogen functional groups attached to an aromatic ring is 1. The number of aromatic nitrogens is 3. The van der Waals surface area contributed by atoms with E-state index in [1.54, 1.807) is 12.4 Å². The Morgan fingerprint density at radius 1 is 1.20 bits per heavy atom. The van der Waals surface area contributed by atoms with Crippen LogP contribution in [0.4, 0.5) is 0 Å². The molecule has 2 aromatic heterocycles. The first-order chi connectivity index (χ1) is 9.66. The molecule has 0 radical (unpaired) electrons. The number of aryl methyl sites for hydroxylation is 1. The normalized spacial score (nSPS) is 10.8. The molecule has 0 aliphatic carbocycles. The predicted molar refractivity (Wildman–Crippen MR) is 79.3 cm³/mol. The van der Waals surface area contributed by atoms with Crippen LogP contribution >= 0.6 is 11.8 Å². The van der Waals surface area contributed by atoms with E-state index in [0.29, 0.717) is 10.9 Å². The molecule has 0 amide bonds. The molecule has 0 saturated carbocycles. The fourth-order valence-corrected chi connectivity index (χ4v) is 3.01. The maximum Gasteiger partial charge on any atom is 0.281 e. The lowest BCUT2D eigenvalue weighted by Gasteiger charge is -2.11. The van der Waals surface area contributed by atoms with Gasteiger partial charge in [-0.1, -0.05) is 17.8 Å². The average molecular weight is 284 g/mol. The Bertz CT molecular complexity index is 830. The molecular formula is C14H12N4OS. The highest BCUT2D eigenvalue weighted by Crippen LogP contribution is 2.33. The van der Waals surface area contributed by atoms with Crippen molar-refractivity contribution in [3.05, 3.63) is 58.9 Å². The van der Waals surface area contributed by atoms with Gasteiger partial charge in [0.1, 0.15) is 6.33 Å². The summed E-state index contributed by atoms with van der Waals surface area (Å²) in [6.07, 6.45) is 4.78. The number of hydrogen-bond donors (Lipinski definition) is 1. The smallest absolute Gasteiger partial charge is 0.281 e. The van der Waals surface area contributed by atoms with E-state index in [9.17, 15) is 4.79 Å². The van der Waals surface area contributed by atoms with Crippen LogP contribution in [0.5, 0.6) is 0 Å².